The maximum absolute atomic E-state index is 4.21. The molecule has 4 heteroatoms. The first-order valence-electron chi connectivity index (χ1n) is 6.29. The lowest BCUT2D eigenvalue weighted by molar-refractivity contribution is 1.15. The number of aromatic nitrogens is 2. The van der Waals surface area contributed by atoms with Gasteiger partial charge < -0.3 is 15.6 Å². The summed E-state index contributed by atoms with van der Waals surface area (Å²) in [5, 5.41) is 6.53. The minimum absolute atomic E-state index is 0.809. The zero-order chi connectivity index (χ0) is 13.1. The first-order valence-corrected chi connectivity index (χ1v) is 6.29. The third kappa shape index (κ3) is 2.52. The summed E-state index contributed by atoms with van der Waals surface area (Å²) in [5.74, 6) is 0. The third-order valence-electron chi connectivity index (χ3n) is 3.16. The number of nitrogens with zero attached hydrogens (tertiary/aromatic N) is 1. The molecule has 19 heavy (non-hydrogen) atoms. The predicted molar refractivity (Wildman–Crippen MR) is 79.4 cm³/mol. The number of hydrogen-bond acceptors (Lipinski definition) is 3. The number of H-pyrrole nitrogens is 1. The van der Waals surface area contributed by atoms with E-state index in [9.17, 15) is 0 Å². The average Bonchev–Trinajstić information content (AvgIpc) is 2.93. The fraction of sp³-hybridized carbons (Fsp3) is 0.133. The van der Waals surface area contributed by atoms with Crippen molar-refractivity contribution in [1.82, 2.24) is 9.97 Å². The van der Waals surface area contributed by atoms with Gasteiger partial charge >= 0.3 is 0 Å². The smallest absolute Gasteiger partial charge is 0.0931 e. The third-order valence-corrected chi connectivity index (χ3v) is 3.16. The van der Waals surface area contributed by atoms with Crippen LogP contribution in [0.4, 0.5) is 11.4 Å². The number of aromatic amines is 1. The van der Waals surface area contributed by atoms with E-state index in [0.29, 0.717) is 0 Å². The van der Waals surface area contributed by atoms with Crippen LogP contribution in [-0.4, -0.2) is 17.0 Å². The van der Waals surface area contributed by atoms with Crippen LogP contribution in [0.1, 0.15) is 5.56 Å². The molecule has 96 valence electrons. The number of anilines is 2. The molecule has 0 aliphatic carbocycles. The van der Waals surface area contributed by atoms with Crippen LogP contribution in [0.3, 0.4) is 0 Å². The number of nitrogens with one attached hydrogen (secondary N) is 3. The number of imidazole rings is 1. The highest BCUT2D eigenvalue weighted by molar-refractivity contribution is 5.78. The second kappa shape index (κ2) is 5.02. The predicted octanol–water partition coefficient (Wildman–Crippen LogP) is 3.22. The second-order valence-corrected chi connectivity index (χ2v) is 4.43. The minimum Gasteiger partial charge on any atom is -0.388 e. The summed E-state index contributed by atoms with van der Waals surface area (Å²) in [6.45, 7) is 0.809. The summed E-state index contributed by atoms with van der Waals surface area (Å²) in [6.07, 6.45) is 1.71. The molecule has 2 aromatic carbocycles. The van der Waals surface area contributed by atoms with E-state index in [1.165, 1.54) is 5.56 Å². The molecule has 0 spiro atoms. The lowest BCUT2D eigenvalue weighted by Crippen LogP contribution is -1.99. The maximum Gasteiger partial charge on any atom is 0.0931 e. The summed E-state index contributed by atoms with van der Waals surface area (Å²) < 4.78 is 0. The molecule has 0 fully saturated rings. The van der Waals surface area contributed by atoms with E-state index < -0.39 is 0 Å². The zero-order valence-corrected chi connectivity index (χ0v) is 10.8. The fourth-order valence-corrected chi connectivity index (χ4v) is 2.04. The van der Waals surface area contributed by atoms with Gasteiger partial charge in [-0.05, 0) is 35.9 Å². The Labute approximate surface area is 111 Å². The van der Waals surface area contributed by atoms with Crippen molar-refractivity contribution >= 4 is 22.4 Å². The van der Waals surface area contributed by atoms with E-state index in [1.54, 1.807) is 6.33 Å². The van der Waals surface area contributed by atoms with Gasteiger partial charge in [0.2, 0.25) is 0 Å². The minimum atomic E-state index is 0.809. The standard InChI is InChI=1S/C15H16N4/c1-16-12-4-2-11(3-5-12)9-17-13-6-7-14-15(8-13)19-10-18-14/h2-8,10,16-17H,9H2,1H3,(H,18,19). The number of rotatable bonds is 4. The fourth-order valence-electron chi connectivity index (χ4n) is 2.04. The molecule has 0 bridgehead atoms. The SMILES string of the molecule is CNc1ccc(CNc2ccc3nc[nH]c3c2)cc1. The maximum atomic E-state index is 4.21. The van der Waals surface area contributed by atoms with Crippen LogP contribution in [-0.2, 0) is 6.54 Å². The van der Waals surface area contributed by atoms with Gasteiger partial charge in [-0.3, -0.25) is 0 Å². The van der Waals surface area contributed by atoms with E-state index in [0.717, 1.165) is 29.0 Å². The van der Waals surface area contributed by atoms with Crippen LogP contribution in [0.25, 0.3) is 11.0 Å². The molecule has 0 aliphatic heterocycles. The molecule has 1 aromatic heterocycles. The van der Waals surface area contributed by atoms with Gasteiger partial charge in [-0.2, -0.15) is 0 Å². The molecule has 0 amide bonds. The Kier molecular flexibility index (Phi) is 3.06. The molecule has 0 saturated carbocycles. The van der Waals surface area contributed by atoms with Crippen molar-refractivity contribution in [2.45, 2.75) is 6.54 Å². The van der Waals surface area contributed by atoms with Crippen LogP contribution in [0.15, 0.2) is 48.8 Å². The quantitative estimate of drug-likeness (QED) is 0.668. The van der Waals surface area contributed by atoms with Gasteiger partial charge in [-0.15, -0.1) is 0 Å². The highest BCUT2D eigenvalue weighted by Crippen LogP contribution is 2.17. The van der Waals surface area contributed by atoms with Crippen molar-refractivity contribution in [2.75, 3.05) is 17.7 Å². The Balaban J connectivity index is 1.70. The Bertz CT molecular complexity index is 670. The van der Waals surface area contributed by atoms with Gasteiger partial charge in [-0.25, -0.2) is 4.98 Å². The van der Waals surface area contributed by atoms with Gasteiger partial charge in [0.05, 0.1) is 17.4 Å². The van der Waals surface area contributed by atoms with Crippen LogP contribution < -0.4 is 10.6 Å². The summed E-state index contributed by atoms with van der Waals surface area (Å²) >= 11 is 0. The first-order chi connectivity index (χ1) is 9.35. The van der Waals surface area contributed by atoms with Crippen molar-refractivity contribution in [1.29, 1.82) is 0 Å². The van der Waals surface area contributed by atoms with Gasteiger partial charge in [0.25, 0.3) is 0 Å². The van der Waals surface area contributed by atoms with Gasteiger partial charge in [0, 0.05) is 25.0 Å². The molecular weight excluding hydrogens is 236 g/mol. The highest BCUT2D eigenvalue weighted by Gasteiger charge is 1.98. The lowest BCUT2D eigenvalue weighted by Gasteiger charge is -2.07. The molecule has 1 heterocycles. The molecule has 0 aliphatic rings. The molecule has 3 rings (SSSR count). The van der Waals surface area contributed by atoms with Crippen LogP contribution in [0.5, 0.6) is 0 Å². The first kappa shape index (κ1) is 11.6. The van der Waals surface area contributed by atoms with Crippen molar-refractivity contribution in [3.8, 4) is 0 Å². The molecule has 0 unspecified atom stereocenters. The van der Waals surface area contributed by atoms with Crippen molar-refractivity contribution in [3.05, 3.63) is 54.4 Å². The Hall–Kier alpha value is -2.49. The Morgan fingerprint density at radius 1 is 1.05 bits per heavy atom. The number of fused-ring (bicyclic) bond motifs is 1. The number of benzene rings is 2. The topological polar surface area (TPSA) is 52.7 Å². The normalized spacial score (nSPS) is 10.6. The van der Waals surface area contributed by atoms with Gasteiger partial charge in [0.15, 0.2) is 0 Å². The molecular formula is C15H16N4. The summed E-state index contributed by atoms with van der Waals surface area (Å²) in [6, 6.07) is 14.5. The van der Waals surface area contributed by atoms with E-state index in [2.05, 4.69) is 50.9 Å². The van der Waals surface area contributed by atoms with Crippen LogP contribution >= 0.6 is 0 Å². The van der Waals surface area contributed by atoms with Crippen LogP contribution in [0, 0.1) is 0 Å². The summed E-state index contributed by atoms with van der Waals surface area (Å²) in [4.78, 5) is 7.32. The summed E-state index contributed by atoms with van der Waals surface area (Å²) in [5.41, 5.74) is 5.51. The van der Waals surface area contributed by atoms with Crippen molar-refractivity contribution < 1.29 is 0 Å². The van der Waals surface area contributed by atoms with E-state index in [4.69, 9.17) is 0 Å². The molecule has 3 aromatic rings. The molecule has 0 radical (unpaired) electrons. The monoisotopic (exact) mass is 252 g/mol. The van der Waals surface area contributed by atoms with Crippen molar-refractivity contribution in [2.24, 2.45) is 0 Å². The molecule has 0 saturated heterocycles. The molecule has 3 N–H and O–H groups in total. The largest absolute Gasteiger partial charge is 0.388 e. The van der Waals surface area contributed by atoms with Gasteiger partial charge in [0.1, 0.15) is 0 Å². The van der Waals surface area contributed by atoms with Crippen molar-refractivity contribution in [3.63, 3.8) is 0 Å². The van der Waals surface area contributed by atoms with E-state index in [-0.39, 0.29) is 0 Å². The summed E-state index contributed by atoms with van der Waals surface area (Å²) in [7, 11) is 1.92. The zero-order valence-electron chi connectivity index (χ0n) is 10.8. The lowest BCUT2D eigenvalue weighted by atomic mass is 10.2. The van der Waals surface area contributed by atoms with Crippen LogP contribution in [0.2, 0.25) is 0 Å². The Morgan fingerprint density at radius 2 is 1.84 bits per heavy atom. The average molecular weight is 252 g/mol. The van der Waals surface area contributed by atoms with E-state index >= 15 is 0 Å². The van der Waals surface area contributed by atoms with Gasteiger partial charge in [-0.1, -0.05) is 12.1 Å². The number of hydrogen-bond donors (Lipinski definition) is 3. The molecule has 0 atom stereocenters. The highest BCUT2D eigenvalue weighted by atomic mass is 14.9. The second-order valence-electron chi connectivity index (χ2n) is 4.43. The Morgan fingerprint density at radius 3 is 2.63 bits per heavy atom. The molecule has 4 nitrogen and oxygen atoms in total. The van der Waals surface area contributed by atoms with E-state index in [1.807, 2.05) is 19.2 Å².